The molecular formula is C81H85N6+3. The second kappa shape index (κ2) is 25.1. The van der Waals surface area contributed by atoms with Crippen molar-refractivity contribution in [1.82, 2.24) is 15.0 Å². The van der Waals surface area contributed by atoms with E-state index in [2.05, 4.69) is 291 Å². The van der Waals surface area contributed by atoms with Crippen LogP contribution in [0.4, 0.5) is 0 Å². The molecule has 1 aliphatic carbocycles. The van der Waals surface area contributed by atoms with Gasteiger partial charge in [0.2, 0.25) is 17.1 Å². The maximum absolute atomic E-state index is 4.81. The molecule has 0 radical (unpaired) electrons. The number of hydrogen-bond acceptors (Lipinski definition) is 3. The molecule has 1 saturated carbocycles. The fourth-order valence-corrected chi connectivity index (χ4v) is 12.9. The van der Waals surface area contributed by atoms with Crippen molar-refractivity contribution in [2.24, 2.45) is 21.1 Å². The molecule has 0 aliphatic heterocycles. The Bertz CT molecular complexity index is 4550. The molecule has 0 unspecified atom stereocenters. The van der Waals surface area contributed by atoms with Crippen LogP contribution in [0.2, 0.25) is 0 Å². The molecule has 1 fully saturated rings. The average Bonchev–Trinajstić information content (AvgIpc) is 2.03. The molecule has 0 bridgehead atoms. The fraction of sp³-hybridized carbons (Fsp3) is 0.259. The lowest BCUT2D eigenvalue weighted by Crippen LogP contribution is -2.30. The smallest absolute Gasteiger partial charge is 0.213 e. The van der Waals surface area contributed by atoms with E-state index in [1.54, 1.807) is 0 Å². The average molecular weight is 1140 g/mol. The van der Waals surface area contributed by atoms with Crippen LogP contribution >= 0.6 is 0 Å². The summed E-state index contributed by atoms with van der Waals surface area (Å²) in [7, 11) is 6.41. The molecule has 0 atom stereocenters. The molecule has 6 heterocycles. The van der Waals surface area contributed by atoms with Crippen molar-refractivity contribution in [2.45, 2.75) is 121 Å². The Kier molecular flexibility index (Phi) is 17.3. The highest BCUT2D eigenvalue weighted by molar-refractivity contribution is 5.91. The minimum Gasteiger partial charge on any atom is -0.261 e. The molecule has 12 aromatic rings. The summed E-state index contributed by atoms with van der Waals surface area (Å²) in [6.45, 7) is 26.1. The van der Waals surface area contributed by atoms with Crippen LogP contribution in [-0.2, 0) is 21.1 Å². The molecule has 436 valence electrons. The van der Waals surface area contributed by atoms with Gasteiger partial charge < -0.3 is 0 Å². The normalized spacial score (nSPS) is 12.4. The minimum atomic E-state index is 0.451. The monoisotopic (exact) mass is 1140 g/mol. The van der Waals surface area contributed by atoms with Crippen LogP contribution in [0.25, 0.3) is 99.6 Å². The minimum absolute atomic E-state index is 0.451. The predicted octanol–water partition coefficient (Wildman–Crippen LogP) is 19.0. The Morgan fingerprint density at radius 2 is 0.770 bits per heavy atom. The largest absolute Gasteiger partial charge is 0.261 e. The molecule has 6 aromatic carbocycles. The summed E-state index contributed by atoms with van der Waals surface area (Å²) in [6.07, 6.45) is 18.1. The zero-order valence-electron chi connectivity index (χ0n) is 54.0. The molecule has 0 amide bonds. The van der Waals surface area contributed by atoms with Gasteiger partial charge in [0.05, 0.1) is 5.69 Å². The second-order valence-electron chi connectivity index (χ2n) is 25.4. The molecule has 0 spiro atoms. The van der Waals surface area contributed by atoms with Crippen LogP contribution in [-0.4, -0.2) is 15.0 Å². The number of nitrogens with zero attached hydrogens (tertiary/aromatic N) is 6. The van der Waals surface area contributed by atoms with Gasteiger partial charge in [0, 0.05) is 97.7 Å². The first-order valence-corrected chi connectivity index (χ1v) is 31.2. The summed E-state index contributed by atoms with van der Waals surface area (Å²) < 4.78 is 6.73. The van der Waals surface area contributed by atoms with Crippen molar-refractivity contribution in [3.8, 4) is 67.3 Å². The van der Waals surface area contributed by atoms with Gasteiger partial charge in [-0.2, -0.15) is 0 Å². The zero-order valence-corrected chi connectivity index (χ0v) is 54.0. The van der Waals surface area contributed by atoms with Crippen molar-refractivity contribution in [1.29, 1.82) is 0 Å². The quantitative estimate of drug-likeness (QED) is 0.143. The third-order valence-corrected chi connectivity index (χ3v) is 18.4. The van der Waals surface area contributed by atoms with Crippen LogP contribution in [0, 0.1) is 69.2 Å². The third-order valence-electron chi connectivity index (χ3n) is 18.4. The lowest BCUT2D eigenvalue weighted by molar-refractivity contribution is -0.659. The topological polar surface area (TPSA) is 50.3 Å². The number of pyridine rings is 6. The van der Waals surface area contributed by atoms with Gasteiger partial charge in [-0.15, -0.1) is 0 Å². The molecule has 87 heavy (non-hydrogen) atoms. The first kappa shape index (κ1) is 59.7. The molecule has 6 nitrogen and oxygen atoms in total. The predicted molar refractivity (Wildman–Crippen MR) is 364 cm³/mol. The van der Waals surface area contributed by atoms with Crippen molar-refractivity contribution in [2.75, 3.05) is 0 Å². The van der Waals surface area contributed by atoms with Gasteiger partial charge in [-0.3, -0.25) is 15.0 Å². The Balaban J connectivity index is 0.000000136. The summed E-state index contributed by atoms with van der Waals surface area (Å²) in [5.74, 6) is 1.16. The molecule has 13 rings (SSSR count). The van der Waals surface area contributed by atoms with Gasteiger partial charge in [0.25, 0.3) is 0 Å². The summed E-state index contributed by atoms with van der Waals surface area (Å²) in [4.78, 5) is 13.9. The summed E-state index contributed by atoms with van der Waals surface area (Å²) in [6, 6.07) is 53.6. The molecule has 1 aliphatic rings. The Labute approximate surface area is 517 Å². The van der Waals surface area contributed by atoms with Gasteiger partial charge in [-0.1, -0.05) is 116 Å². The van der Waals surface area contributed by atoms with E-state index < -0.39 is 0 Å². The van der Waals surface area contributed by atoms with E-state index in [1.165, 1.54) is 164 Å². The number of aromatic nitrogens is 6. The van der Waals surface area contributed by atoms with E-state index in [1.807, 2.05) is 19.3 Å². The maximum Gasteiger partial charge on any atom is 0.213 e. The first-order chi connectivity index (χ1) is 41.7. The number of fused-ring (bicyclic) bond motifs is 3. The van der Waals surface area contributed by atoms with Crippen LogP contribution in [0.15, 0.2) is 183 Å². The Hall–Kier alpha value is -9.00. The first-order valence-electron chi connectivity index (χ1n) is 31.2. The van der Waals surface area contributed by atoms with E-state index in [0.29, 0.717) is 11.8 Å². The van der Waals surface area contributed by atoms with Gasteiger partial charge in [-0.25, -0.2) is 13.7 Å². The third kappa shape index (κ3) is 12.9. The van der Waals surface area contributed by atoms with Crippen LogP contribution in [0.5, 0.6) is 0 Å². The highest BCUT2D eigenvalue weighted by atomic mass is 14.9. The number of benzene rings is 6. The number of rotatable bonds is 8. The van der Waals surface area contributed by atoms with Crippen molar-refractivity contribution in [3.63, 3.8) is 0 Å². The molecule has 0 saturated heterocycles. The summed E-state index contributed by atoms with van der Waals surface area (Å²) in [5.41, 5.74) is 30.2. The molecular weight excluding hydrogens is 1060 g/mol. The van der Waals surface area contributed by atoms with Gasteiger partial charge in [0.15, 0.2) is 18.6 Å². The van der Waals surface area contributed by atoms with Gasteiger partial charge in [-0.05, 0) is 215 Å². The molecule has 6 heteroatoms. The number of hydrogen-bond donors (Lipinski definition) is 0. The Morgan fingerprint density at radius 3 is 1.15 bits per heavy atom. The molecule has 6 aromatic heterocycles. The second-order valence-corrected chi connectivity index (χ2v) is 25.4. The summed E-state index contributed by atoms with van der Waals surface area (Å²) >= 11 is 0. The van der Waals surface area contributed by atoms with Crippen molar-refractivity contribution >= 4 is 32.3 Å². The standard InChI is InChI=1S/C29H31N2.C27H29N2.C25H25N2/c1-19-13-20(2)21(3)27(14-19)29-16-23-9-10-24(15-26(23)18-31(29)4)28-12-11-25(17-30-28)22-7-5-6-8-22;1-17(2)26-10-9-23(15-28-26)21-7-8-22-14-27(29(6)16-24(22)13-21)25-12-18(3)11-19(4)20(25)5;1-16-10-17(2)19(4)24(11-16)25-13-21-9-8-20(12-23(21)15-27(25)5)22-7-6-18(3)26-14-22/h9-18,22H,5-8H2,1-4H3;7-17H,1-6H3;6-15H,1-5H3/q3*+1. The summed E-state index contributed by atoms with van der Waals surface area (Å²) in [5, 5.41) is 7.49. The van der Waals surface area contributed by atoms with Crippen LogP contribution < -0.4 is 13.7 Å². The van der Waals surface area contributed by atoms with Crippen LogP contribution in [0.3, 0.4) is 0 Å². The Morgan fingerprint density at radius 1 is 0.368 bits per heavy atom. The molecule has 0 N–H and O–H groups in total. The fourth-order valence-electron chi connectivity index (χ4n) is 12.9. The van der Waals surface area contributed by atoms with E-state index in [4.69, 9.17) is 4.98 Å². The zero-order chi connectivity index (χ0) is 61.4. The lowest BCUT2D eigenvalue weighted by atomic mass is 9.96. The van der Waals surface area contributed by atoms with Crippen LogP contribution in [0.1, 0.15) is 118 Å². The lowest BCUT2D eigenvalue weighted by Gasteiger charge is -2.11. The maximum atomic E-state index is 4.81. The SMILES string of the molecule is Cc1cc(C)c(C)c(-c2cc3ccc(-c4ccc(C(C)C)nc4)cc3c[n+]2C)c1.Cc1cc(C)c(C)c(-c2cc3ccc(-c4ccc(C)nc4)cc3c[n+]2C)c1.Cc1cc(C)c(C)c(-c2cc3ccc(-c4ccc(C5CCCC5)cn4)cc3c[n+]2C)c1. The van der Waals surface area contributed by atoms with E-state index in [9.17, 15) is 0 Å². The van der Waals surface area contributed by atoms with Gasteiger partial charge >= 0.3 is 0 Å². The van der Waals surface area contributed by atoms with Crippen molar-refractivity contribution < 1.29 is 13.7 Å². The number of aryl methyl sites for hydroxylation is 10. The highest BCUT2D eigenvalue weighted by Crippen LogP contribution is 2.36. The highest BCUT2D eigenvalue weighted by Gasteiger charge is 2.21. The van der Waals surface area contributed by atoms with Crippen molar-refractivity contribution in [3.05, 3.63) is 250 Å². The van der Waals surface area contributed by atoms with E-state index in [0.717, 1.165) is 28.2 Å². The van der Waals surface area contributed by atoms with E-state index in [-0.39, 0.29) is 0 Å². The van der Waals surface area contributed by atoms with Gasteiger partial charge in [0.1, 0.15) is 21.1 Å². The van der Waals surface area contributed by atoms with E-state index >= 15 is 0 Å².